The summed E-state index contributed by atoms with van der Waals surface area (Å²) in [7, 11) is 1.57. The lowest BCUT2D eigenvalue weighted by molar-refractivity contribution is 0.221. The van der Waals surface area contributed by atoms with E-state index in [1.54, 1.807) is 25.4 Å². The standard InChI is InChI=1S/C8H10NO2/c1-6(10)8-4-3-7(11-2)5-9-8/h3-6,10H,1H2,2H3. The van der Waals surface area contributed by atoms with E-state index in [-0.39, 0.29) is 0 Å². The first kappa shape index (κ1) is 8.01. The van der Waals surface area contributed by atoms with Crippen molar-refractivity contribution in [2.45, 2.75) is 6.10 Å². The molecule has 0 aliphatic heterocycles. The Labute approximate surface area is 65.7 Å². The number of aromatic nitrogens is 1. The Morgan fingerprint density at radius 3 is 2.73 bits per heavy atom. The molecular formula is C8H10NO2. The van der Waals surface area contributed by atoms with Gasteiger partial charge < -0.3 is 9.84 Å². The number of ether oxygens (including phenoxy) is 1. The van der Waals surface area contributed by atoms with Crippen LogP contribution in [-0.2, 0) is 0 Å². The molecule has 1 aromatic heterocycles. The van der Waals surface area contributed by atoms with Gasteiger partial charge in [-0.2, -0.15) is 0 Å². The Balaban J connectivity index is 2.83. The molecule has 1 N–H and O–H groups in total. The van der Waals surface area contributed by atoms with E-state index in [1.165, 1.54) is 0 Å². The van der Waals surface area contributed by atoms with E-state index >= 15 is 0 Å². The summed E-state index contributed by atoms with van der Waals surface area (Å²) in [5, 5.41) is 8.97. The van der Waals surface area contributed by atoms with Gasteiger partial charge in [0, 0.05) is 0 Å². The summed E-state index contributed by atoms with van der Waals surface area (Å²) in [4.78, 5) is 3.91. The maximum atomic E-state index is 8.97. The Hall–Kier alpha value is -1.09. The molecule has 0 saturated carbocycles. The quantitative estimate of drug-likeness (QED) is 0.686. The summed E-state index contributed by atoms with van der Waals surface area (Å²) in [6.45, 7) is 3.42. The number of pyridine rings is 1. The monoisotopic (exact) mass is 152 g/mol. The predicted octanol–water partition coefficient (Wildman–Crippen LogP) is 0.958. The van der Waals surface area contributed by atoms with Gasteiger partial charge in [0.1, 0.15) is 5.75 Å². The van der Waals surface area contributed by atoms with Gasteiger partial charge in [-0.1, -0.05) is 0 Å². The van der Waals surface area contributed by atoms with Crippen LogP contribution in [0.15, 0.2) is 18.3 Å². The predicted molar refractivity (Wildman–Crippen MR) is 41.1 cm³/mol. The fourth-order valence-electron chi connectivity index (χ4n) is 0.710. The van der Waals surface area contributed by atoms with Gasteiger partial charge in [-0.05, 0) is 19.1 Å². The van der Waals surface area contributed by atoms with Crippen LogP contribution >= 0.6 is 0 Å². The number of methoxy groups -OCH3 is 1. The first-order valence-corrected chi connectivity index (χ1v) is 3.25. The lowest BCUT2D eigenvalue weighted by Gasteiger charge is -2.03. The number of nitrogens with zero attached hydrogens (tertiary/aromatic N) is 1. The molecule has 1 unspecified atom stereocenters. The van der Waals surface area contributed by atoms with Crippen molar-refractivity contribution in [3.8, 4) is 5.75 Å². The molecule has 11 heavy (non-hydrogen) atoms. The topological polar surface area (TPSA) is 42.4 Å². The molecule has 1 aromatic rings. The number of hydrogen-bond donors (Lipinski definition) is 1. The Bertz CT molecular complexity index is 218. The van der Waals surface area contributed by atoms with Crippen LogP contribution in [-0.4, -0.2) is 17.2 Å². The van der Waals surface area contributed by atoms with E-state index < -0.39 is 6.10 Å². The minimum atomic E-state index is -0.763. The van der Waals surface area contributed by atoms with Crippen LogP contribution in [0.1, 0.15) is 11.8 Å². The Morgan fingerprint density at radius 1 is 1.64 bits per heavy atom. The molecule has 0 spiro atoms. The average molecular weight is 152 g/mol. The molecule has 3 heteroatoms. The van der Waals surface area contributed by atoms with Crippen LogP contribution in [0.25, 0.3) is 0 Å². The molecule has 0 amide bonds. The maximum Gasteiger partial charge on any atom is 0.137 e. The van der Waals surface area contributed by atoms with Crippen molar-refractivity contribution < 1.29 is 9.84 Å². The lowest BCUT2D eigenvalue weighted by Crippen LogP contribution is -1.95. The minimum Gasteiger partial charge on any atom is -0.495 e. The molecule has 0 fully saturated rings. The minimum absolute atomic E-state index is 0.547. The highest BCUT2D eigenvalue weighted by Gasteiger charge is 2.00. The summed E-state index contributed by atoms with van der Waals surface area (Å²) >= 11 is 0. The second-order valence-corrected chi connectivity index (χ2v) is 2.14. The van der Waals surface area contributed by atoms with Crippen LogP contribution in [0.2, 0.25) is 0 Å². The highest BCUT2D eigenvalue weighted by atomic mass is 16.5. The third-order valence-electron chi connectivity index (χ3n) is 1.34. The molecular weight excluding hydrogens is 142 g/mol. The first-order valence-electron chi connectivity index (χ1n) is 3.25. The van der Waals surface area contributed by atoms with Gasteiger partial charge >= 0.3 is 0 Å². The van der Waals surface area contributed by atoms with Gasteiger partial charge in [0.05, 0.1) is 25.1 Å². The zero-order valence-corrected chi connectivity index (χ0v) is 6.32. The molecule has 0 aliphatic rings. The summed E-state index contributed by atoms with van der Waals surface area (Å²) in [6.07, 6.45) is 0.782. The number of hydrogen-bond acceptors (Lipinski definition) is 3. The molecule has 1 rings (SSSR count). The molecule has 59 valence electrons. The summed E-state index contributed by atoms with van der Waals surface area (Å²) < 4.78 is 4.88. The number of aliphatic hydroxyl groups is 1. The molecule has 1 atom stereocenters. The van der Waals surface area contributed by atoms with Crippen molar-refractivity contribution in [2.75, 3.05) is 7.11 Å². The maximum absolute atomic E-state index is 8.97. The van der Waals surface area contributed by atoms with Gasteiger partial charge in [0.25, 0.3) is 0 Å². The smallest absolute Gasteiger partial charge is 0.137 e. The molecule has 0 bridgehead atoms. The normalized spacial score (nSPS) is 12.6. The van der Waals surface area contributed by atoms with Crippen molar-refractivity contribution in [3.63, 3.8) is 0 Å². The summed E-state index contributed by atoms with van der Waals surface area (Å²) in [5.74, 6) is 0.675. The van der Waals surface area contributed by atoms with E-state index in [0.29, 0.717) is 11.4 Å². The van der Waals surface area contributed by atoms with E-state index in [2.05, 4.69) is 11.9 Å². The zero-order chi connectivity index (χ0) is 8.27. The second kappa shape index (κ2) is 3.34. The number of rotatable bonds is 2. The van der Waals surface area contributed by atoms with Gasteiger partial charge in [-0.25, -0.2) is 0 Å². The van der Waals surface area contributed by atoms with E-state index in [1.807, 2.05) is 0 Å². The van der Waals surface area contributed by atoms with E-state index in [4.69, 9.17) is 9.84 Å². The zero-order valence-electron chi connectivity index (χ0n) is 6.32. The van der Waals surface area contributed by atoms with Gasteiger partial charge in [-0.3, -0.25) is 4.98 Å². The van der Waals surface area contributed by atoms with E-state index in [9.17, 15) is 0 Å². The molecule has 3 nitrogen and oxygen atoms in total. The second-order valence-electron chi connectivity index (χ2n) is 2.14. The number of aliphatic hydroxyl groups excluding tert-OH is 1. The molecule has 0 saturated heterocycles. The van der Waals surface area contributed by atoms with Crippen LogP contribution in [0.5, 0.6) is 5.75 Å². The third kappa shape index (κ3) is 1.91. The molecule has 1 radical (unpaired) electrons. The van der Waals surface area contributed by atoms with Gasteiger partial charge in [0.2, 0.25) is 0 Å². The summed E-state index contributed by atoms with van der Waals surface area (Å²) in [5.41, 5.74) is 0.547. The fourth-order valence-corrected chi connectivity index (χ4v) is 0.710. The van der Waals surface area contributed by atoms with Crippen molar-refractivity contribution in [1.29, 1.82) is 0 Å². The van der Waals surface area contributed by atoms with Crippen LogP contribution in [0.3, 0.4) is 0 Å². The van der Waals surface area contributed by atoms with Crippen LogP contribution < -0.4 is 4.74 Å². The molecule has 1 heterocycles. The van der Waals surface area contributed by atoms with Crippen molar-refractivity contribution in [3.05, 3.63) is 30.9 Å². The average Bonchev–Trinajstić information content (AvgIpc) is 2.05. The Kier molecular flexibility index (Phi) is 2.44. The molecule has 0 aromatic carbocycles. The van der Waals surface area contributed by atoms with Crippen molar-refractivity contribution in [2.24, 2.45) is 0 Å². The lowest BCUT2D eigenvalue weighted by atomic mass is 10.2. The SMILES string of the molecule is [CH2]C(O)c1ccc(OC)cn1. The highest BCUT2D eigenvalue weighted by molar-refractivity contribution is 5.20. The molecule has 0 aliphatic carbocycles. The van der Waals surface area contributed by atoms with Crippen LogP contribution in [0.4, 0.5) is 0 Å². The first-order chi connectivity index (χ1) is 5.24. The van der Waals surface area contributed by atoms with Crippen molar-refractivity contribution >= 4 is 0 Å². The third-order valence-corrected chi connectivity index (χ3v) is 1.34. The largest absolute Gasteiger partial charge is 0.495 e. The van der Waals surface area contributed by atoms with E-state index in [0.717, 1.165) is 0 Å². The Morgan fingerprint density at radius 2 is 2.36 bits per heavy atom. The fraction of sp³-hybridized carbons (Fsp3) is 0.250. The van der Waals surface area contributed by atoms with Crippen molar-refractivity contribution in [1.82, 2.24) is 4.98 Å². The van der Waals surface area contributed by atoms with Gasteiger partial charge in [-0.15, -0.1) is 0 Å². The summed E-state index contributed by atoms with van der Waals surface area (Å²) in [6, 6.07) is 3.41. The van der Waals surface area contributed by atoms with Gasteiger partial charge in [0.15, 0.2) is 0 Å². The van der Waals surface area contributed by atoms with Crippen LogP contribution in [0, 0.1) is 6.92 Å². The highest BCUT2D eigenvalue weighted by Crippen LogP contribution is 2.12.